The molecule has 0 amide bonds. The molecule has 0 radical (unpaired) electrons. The van der Waals surface area contributed by atoms with Gasteiger partial charge in [-0.3, -0.25) is 0 Å². The molecular weight excluding hydrogens is 241 g/mol. The van der Waals surface area contributed by atoms with Crippen molar-refractivity contribution in [3.05, 3.63) is 0 Å². The molecule has 2 fully saturated rings. The van der Waals surface area contributed by atoms with Gasteiger partial charge in [0, 0.05) is 19.1 Å². The second kappa shape index (κ2) is 5.78. The molecule has 1 saturated heterocycles. The van der Waals surface area contributed by atoms with Crippen molar-refractivity contribution in [1.82, 2.24) is 10.2 Å². The first-order valence-electron chi connectivity index (χ1n) is 6.99. The minimum atomic E-state index is -4.00. The molecule has 1 N–H and O–H groups in total. The minimum absolute atomic E-state index is 0.266. The van der Waals surface area contributed by atoms with Crippen LogP contribution in [0.5, 0.6) is 0 Å². The molecule has 0 aromatic carbocycles. The Morgan fingerprint density at radius 2 is 1.78 bits per heavy atom. The van der Waals surface area contributed by atoms with Gasteiger partial charge in [0.25, 0.3) is 0 Å². The van der Waals surface area contributed by atoms with Gasteiger partial charge in [0.05, 0.1) is 5.92 Å². The third-order valence-electron chi connectivity index (χ3n) is 4.27. The Labute approximate surface area is 107 Å². The normalized spacial score (nSPS) is 25.3. The average Bonchev–Trinajstić information content (AvgIpc) is 3.12. The first-order chi connectivity index (χ1) is 8.47. The molecule has 1 atom stereocenters. The van der Waals surface area contributed by atoms with Gasteiger partial charge < -0.3 is 10.2 Å². The lowest BCUT2D eigenvalue weighted by molar-refractivity contribution is -0.184. The third kappa shape index (κ3) is 4.12. The quantitative estimate of drug-likeness (QED) is 0.821. The Morgan fingerprint density at radius 3 is 2.28 bits per heavy atom. The van der Waals surface area contributed by atoms with Crippen molar-refractivity contribution < 1.29 is 13.2 Å². The number of piperidine rings is 1. The van der Waals surface area contributed by atoms with Gasteiger partial charge in [0.2, 0.25) is 0 Å². The molecule has 2 rings (SSSR count). The van der Waals surface area contributed by atoms with E-state index in [1.165, 1.54) is 12.8 Å². The first-order valence-corrected chi connectivity index (χ1v) is 6.99. The van der Waals surface area contributed by atoms with Crippen molar-refractivity contribution >= 4 is 0 Å². The molecule has 1 unspecified atom stereocenters. The molecule has 0 spiro atoms. The van der Waals surface area contributed by atoms with Gasteiger partial charge in [0.1, 0.15) is 0 Å². The van der Waals surface area contributed by atoms with Crippen LogP contribution in [0, 0.1) is 11.8 Å². The van der Waals surface area contributed by atoms with Gasteiger partial charge >= 0.3 is 6.18 Å². The highest BCUT2D eigenvalue weighted by atomic mass is 19.4. The molecule has 2 nitrogen and oxygen atoms in total. The van der Waals surface area contributed by atoms with Crippen molar-refractivity contribution in [2.75, 3.05) is 26.2 Å². The van der Waals surface area contributed by atoms with Gasteiger partial charge in [-0.15, -0.1) is 0 Å². The van der Waals surface area contributed by atoms with E-state index < -0.39 is 12.1 Å². The Balaban J connectivity index is 1.58. The monoisotopic (exact) mass is 264 g/mol. The summed E-state index contributed by atoms with van der Waals surface area (Å²) < 4.78 is 37.5. The van der Waals surface area contributed by atoms with Crippen LogP contribution in [-0.4, -0.2) is 43.3 Å². The molecule has 1 heterocycles. The van der Waals surface area contributed by atoms with Gasteiger partial charge in [-0.2, -0.15) is 13.2 Å². The van der Waals surface area contributed by atoms with E-state index in [9.17, 15) is 13.2 Å². The number of likely N-dealkylation sites (tertiary alicyclic amines) is 1. The van der Waals surface area contributed by atoms with Crippen LogP contribution in [0.15, 0.2) is 0 Å². The van der Waals surface area contributed by atoms with Crippen molar-refractivity contribution in [1.29, 1.82) is 0 Å². The number of alkyl halides is 3. The summed E-state index contributed by atoms with van der Waals surface area (Å²) in [5.74, 6) is -0.243. The summed E-state index contributed by atoms with van der Waals surface area (Å²) in [6.07, 6.45) is -0.815. The maximum Gasteiger partial charge on any atom is 0.391 e. The molecular formula is C13H23F3N2. The van der Waals surface area contributed by atoms with Gasteiger partial charge in [-0.25, -0.2) is 0 Å². The summed E-state index contributed by atoms with van der Waals surface area (Å²) >= 11 is 0. The Bertz CT molecular complexity index is 255. The van der Waals surface area contributed by atoms with Crippen molar-refractivity contribution in [2.24, 2.45) is 11.8 Å². The molecule has 0 bridgehead atoms. The maximum atomic E-state index is 12.5. The molecule has 1 aliphatic heterocycles. The highest BCUT2D eigenvalue weighted by Gasteiger charge is 2.40. The predicted molar refractivity (Wildman–Crippen MR) is 65.4 cm³/mol. The van der Waals surface area contributed by atoms with E-state index >= 15 is 0 Å². The Hall–Kier alpha value is -0.290. The van der Waals surface area contributed by atoms with Crippen LogP contribution in [-0.2, 0) is 0 Å². The Kier molecular flexibility index (Phi) is 4.54. The van der Waals surface area contributed by atoms with E-state index in [4.69, 9.17) is 0 Å². The summed E-state index contributed by atoms with van der Waals surface area (Å²) in [7, 11) is 0. The van der Waals surface area contributed by atoms with Crippen LogP contribution < -0.4 is 5.32 Å². The molecule has 106 valence electrons. The fourth-order valence-electron chi connectivity index (χ4n) is 2.70. The highest BCUT2D eigenvalue weighted by Crippen LogP contribution is 2.34. The second-order valence-electron chi connectivity index (χ2n) is 5.74. The molecule has 1 saturated carbocycles. The largest absolute Gasteiger partial charge is 0.391 e. The lowest BCUT2D eigenvalue weighted by Gasteiger charge is -2.33. The van der Waals surface area contributed by atoms with Crippen LogP contribution in [0.3, 0.4) is 0 Å². The maximum absolute atomic E-state index is 12.5. The molecule has 0 aromatic rings. The molecule has 18 heavy (non-hydrogen) atoms. The number of halogens is 3. The topological polar surface area (TPSA) is 15.3 Å². The zero-order valence-corrected chi connectivity index (χ0v) is 11.0. The van der Waals surface area contributed by atoms with E-state index in [0.29, 0.717) is 19.1 Å². The van der Waals surface area contributed by atoms with Gasteiger partial charge in [-0.05, 0) is 51.6 Å². The van der Waals surface area contributed by atoms with Crippen LogP contribution in [0.1, 0.15) is 32.6 Å². The zero-order valence-electron chi connectivity index (χ0n) is 11.0. The smallest absolute Gasteiger partial charge is 0.313 e. The van der Waals surface area contributed by atoms with E-state index in [2.05, 4.69) is 17.1 Å². The average molecular weight is 264 g/mol. The molecule has 1 aliphatic carbocycles. The lowest BCUT2D eigenvalue weighted by atomic mass is 9.96. The van der Waals surface area contributed by atoms with E-state index in [1.54, 1.807) is 0 Å². The zero-order chi connectivity index (χ0) is 13.2. The number of nitrogens with one attached hydrogen (secondary N) is 1. The fraction of sp³-hybridized carbons (Fsp3) is 1.00. The minimum Gasteiger partial charge on any atom is -0.313 e. The van der Waals surface area contributed by atoms with Crippen molar-refractivity contribution in [2.45, 2.75) is 44.8 Å². The van der Waals surface area contributed by atoms with Crippen molar-refractivity contribution in [3.63, 3.8) is 0 Å². The third-order valence-corrected chi connectivity index (χ3v) is 4.27. The standard InChI is InChI=1S/C13H23F3N2/c1-10(11-2-3-11)17-6-9-18-7-4-12(5-8-18)13(14,15)16/h10-12,17H,2-9H2,1H3. The number of nitrogens with zero attached hydrogens (tertiary/aromatic N) is 1. The van der Waals surface area contributed by atoms with Gasteiger partial charge in [-0.1, -0.05) is 0 Å². The van der Waals surface area contributed by atoms with Crippen LogP contribution >= 0.6 is 0 Å². The highest BCUT2D eigenvalue weighted by molar-refractivity contribution is 4.83. The predicted octanol–water partition coefficient (Wildman–Crippen LogP) is 2.65. The summed E-state index contributed by atoms with van der Waals surface area (Å²) in [5.41, 5.74) is 0. The Morgan fingerprint density at radius 1 is 1.17 bits per heavy atom. The number of rotatable bonds is 5. The lowest BCUT2D eigenvalue weighted by Crippen LogP contribution is -2.43. The van der Waals surface area contributed by atoms with Crippen LogP contribution in [0.25, 0.3) is 0 Å². The number of hydrogen-bond donors (Lipinski definition) is 1. The second-order valence-corrected chi connectivity index (χ2v) is 5.74. The van der Waals surface area contributed by atoms with E-state index in [-0.39, 0.29) is 12.8 Å². The SMILES string of the molecule is CC(NCCN1CCC(C(F)(F)F)CC1)C1CC1. The van der Waals surface area contributed by atoms with E-state index in [0.717, 1.165) is 19.0 Å². The summed E-state index contributed by atoms with van der Waals surface area (Å²) in [6.45, 7) is 5.15. The molecule has 5 heteroatoms. The van der Waals surface area contributed by atoms with E-state index in [1.807, 2.05) is 0 Å². The summed E-state index contributed by atoms with van der Waals surface area (Å²) in [4.78, 5) is 2.15. The van der Waals surface area contributed by atoms with Gasteiger partial charge in [0.15, 0.2) is 0 Å². The first kappa shape index (κ1) is 14.1. The van der Waals surface area contributed by atoms with Crippen LogP contribution in [0.2, 0.25) is 0 Å². The molecule has 0 aromatic heterocycles. The summed E-state index contributed by atoms with van der Waals surface area (Å²) in [6, 6.07) is 0.567. The number of hydrogen-bond acceptors (Lipinski definition) is 2. The fourth-order valence-corrected chi connectivity index (χ4v) is 2.70. The molecule has 2 aliphatic rings. The summed E-state index contributed by atoms with van der Waals surface area (Å²) in [5, 5.41) is 3.47. The van der Waals surface area contributed by atoms with Crippen molar-refractivity contribution in [3.8, 4) is 0 Å². The van der Waals surface area contributed by atoms with Crippen LogP contribution in [0.4, 0.5) is 13.2 Å².